The van der Waals surface area contributed by atoms with Crippen molar-refractivity contribution in [3.63, 3.8) is 0 Å². The van der Waals surface area contributed by atoms with Gasteiger partial charge in [-0.25, -0.2) is 0 Å². The van der Waals surface area contributed by atoms with Crippen LogP contribution in [0.3, 0.4) is 0 Å². The van der Waals surface area contributed by atoms with Crippen LogP contribution in [0.4, 0.5) is 0 Å². The number of ether oxygens (including phenoxy) is 2. The minimum atomic E-state index is -0.416. The summed E-state index contributed by atoms with van der Waals surface area (Å²) in [6.07, 6.45) is 8.51. The van der Waals surface area contributed by atoms with E-state index in [0.717, 1.165) is 35.3 Å². The Bertz CT molecular complexity index is 718. The van der Waals surface area contributed by atoms with Gasteiger partial charge in [0, 0.05) is 19.1 Å². The molecule has 0 spiro atoms. The number of rotatable bonds is 6. The molecule has 1 atom stereocenters. The van der Waals surface area contributed by atoms with Crippen LogP contribution >= 0.6 is 0 Å². The lowest BCUT2D eigenvalue weighted by Gasteiger charge is -2.31. The first-order chi connectivity index (χ1) is 12.4. The lowest BCUT2D eigenvalue weighted by Crippen LogP contribution is -2.28. The molecule has 2 heterocycles. The van der Waals surface area contributed by atoms with Gasteiger partial charge in [-0.2, -0.15) is 4.89 Å². The van der Waals surface area contributed by atoms with Crippen molar-refractivity contribution in [2.45, 2.75) is 58.7 Å². The van der Waals surface area contributed by atoms with Crippen LogP contribution in [-0.2, 0) is 4.89 Å². The van der Waals surface area contributed by atoms with E-state index in [0.29, 0.717) is 24.5 Å². The molecule has 1 N–H and O–H groups in total. The van der Waals surface area contributed by atoms with Crippen LogP contribution < -0.4 is 14.4 Å². The molecule has 1 aromatic carbocycles. The first-order valence-corrected chi connectivity index (χ1v) is 9.30. The van der Waals surface area contributed by atoms with Gasteiger partial charge in [-0.15, -0.1) is 0 Å². The fraction of sp³-hybridized carbons (Fsp3) is 0.524. The Balaban J connectivity index is 2.14. The summed E-state index contributed by atoms with van der Waals surface area (Å²) in [4.78, 5) is 10.9. The molecular formula is C21H28O5. The number of benzene rings is 1. The molecule has 2 aliphatic heterocycles. The van der Waals surface area contributed by atoms with Gasteiger partial charge in [0.15, 0.2) is 5.75 Å². The van der Waals surface area contributed by atoms with E-state index in [1.165, 1.54) is 0 Å². The predicted octanol–water partition coefficient (Wildman–Crippen LogP) is 4.53. The Morgan fingerprint density at radius 2 is 2.15 bits per heavy atom. The molecule has 0 aliphatic carbocycles. The summed E-state index contributed by atoms with van der Waals surface area (Å²) < 4.78 is 12.4. The smallest absolute Gasteiger partial charge is 0.180 e. The summed E-state index contributed by atoms with van der Waals surface area (Å²) in [6.45, 7) is 8.62. The van der Waals surface area contributed by atoms with Gasteiger partial charge in [0.05, 0.1) is 17.2 Å². The largest absolute Gasteiger partial charge is 0.490 e. The summed E-state index contributed by atoms with van der Waals surface area (Å²) in [5.41, 5.74) is 2.59. The van der Waals surface area contributed by atoms with Gasteiger partial charge in [-0.05, 0) is 44.9 Å². The minimum absolute atomic E-state index is 0.0800. The second-order valence-electron chi connectivity index (χ2n) is 7.32. The monoisotopic (exact) mass is 360 g/mol. The zero-order chi connectivity index (χ0) is 18.7. The Labute approximate surface area is 155 Å². The topological polar surface area (TPSA) is 57.2 Å². The number of aliphatic hydroxyl groups excluding tert-OH is 1. The van der Waals surface area contributed by atoms with Crippen molar-refractivity contribution in [3.8, 4) is 17.2 Å². The SMILES string of the molecule is CCCC1=CCOOc2cc(OC(C)CCO)c3c(c21)OC(C)(C)C=C3. The molecule has 142 valence electrons. The van der Waals surface area contributed by atoms with Gasteiger partial charge in [0.1, 0.15) is 23.7 Å². The number of allylic oxidation sites excluding steroid dienone is 1. The van der Waals surface area contributed by atoms with Gasteiger partial charge in [-0.1, -0.05) is 19.4 Å². The highest BCUT2D eigenvalue weighted by Crippen LogP contribution is 2.49. The van der Waals surface area contributed by atoms with Crippen LogP contribution in [0, 0.1) is 0 Å². The molecule has 0 bridgehead atoms. The van der Waals surface area contributed by atoms with Gasteiger partial charge < -0.3 is 19.5 Å². The standard InChI is InChI=1S/C21H28O5/c1-5-6-15-9-12-23-26-18-13-17(24-14(2)8-11-22)16-7-10-21(3,4)25-20(16)19(15)18/h7,9-10,13-14,22H,5-6,8,11-12H2,1-4H3. The van der Waals surface area contributed by atoms with E-state index < -0.39 is 5.60 Å². The average Bonchev–Trinajstić information content (AvgIpc) is 2.77. The molecule has 0 aromatic heterocycles. The van der Waals surface area contributed by atoms with Crippen molar-refractivity contribution in [2.75, 3.05) is 13.2 Å². The van der Waals surface area contributed by atoms with Crippen LogP contribution in [0.1, 0.15) is 58.1 Å². The molecule has 26 heavy (non-hydrogen) atoms. The highest BCUT2D eigenvalue weighted by Gasteiger charge is 2.31. The summed E-state index contributed by atoms with van der Waals surface area (Å²) in [5, 5.41) is 9.17. The molecular weight excluding hydrogens is 332 g/mol. The zero-order valence-corrected chi connectivity index (χ0v) is 16.0. The Hall–Kier alpha value is -1.98. The highest BCUT2D eigenvalue weighted by molar-refractivity contribution is 5.83. The Kier molecular flexibility index (Phi) is 5.58. The molecule has 0 saturated carbocycles. The van der Waals surface area contributed by atoms with E-state index in [2.05, 4.69) is 19.1 Å². The van der Waals surface area contributed by atoms with Crippen LogP contribution in [0.25, 0.3) is 11.6 Å². The van der Waals surface area contributed by atoms with E-state index in [-0.39, 0.29) is 12.7 Å². The van der Waals surface area contributed by atoms with Gasteiger partial charge in [-0.3, -0.25) is 0 Å². The maximum atomic E-state index is 9.17. The van der Waals surface area contributed by atoms with Crippen molar-refractivity contribution in [3.05, 3.63) is 29.3 Å². The van der Waals surface area contributed by atoms with E-state index in [1.54, 1.807) is 0 Å². The normalized spacial score (nSPS) is 18.6. The van der Waals surface area contributed by atoms with Crippen molar-refractivity contribution < 1.29 is 24.4 Å². The molecule has 0 saturated heterocycles. The Morgan fingerprint density at radius 1 is 1.35 bits per heavy atom. The maximum Gasteiger partial charge on any atom is 0.180 e. The fourth-order valence-corrected chi connectivity index (χ4v) is 3.23. The molecule has 5 heteroatoms. The zero-order valence-electron chi connectivity index (χ0n) is 16.0. The number of fused-ring (bicyclic) bond motifs is 3. The summed E-state index contributed by atoms with van der Waals surface area (Å²) >= 11 is 0. The van der Waals surface area contributed by atoms with Crippen molar-refractivity contribution in [1.29, 1.82) is 0 Å². The average molecular weight is 360 g/mol. The van der Waals surface area contributed by atoms with Crippen LogP contribution in [-0.4, -0.2) is 30.0 Å². The number of hydrogen-bond acceptors (Lipinski definition) is 5. The first kappa shape index (κ1) is 18.8. The maximum absolute atomic E-state index is 9.17. The second kappa shape index (κ2) is 7.72. The van der Waals surface area contributed by atoms with Crippen molar-refractivity contribution in [1.82, 2.24) is 0 Å². The molecule has 2 aliphatic rings. The molecule has 3 rings (SSSR count). The quantitative estimate of drug-likeness (QED) is 0.756. The van der Waals surface area contributed by atoms with Crippen molar-refractivity contribution >= 4 is 11.6 Å². The van der Waals surface area contributed by atoms with Crippen LogP contribution in [0.15, 0.2) is 18.2 Å². The summed E-state index contributed by atoms with van der Waals surface area (Å²) in [6, 6.07) is 1.86. The third-order valence-electron chi connectivity index (χ3n) is 4.51. The number of aliphatic hydroxyl groups is 1. The third kappa shape index (κ3) is 3.89. The van der Waals surface area contributed by atoms with E-state index in [4.69, 9.17) is 19.2 Å². The first-order valence-electron chi connectivity index (χ1n) is 9.30. The highest BCUT2D eigenvalue weighted by atomic mass is 17.2. The van der Waals surface area contributed by atoms with Gasteiger partial charge >= 0.3 is 0 Å². The van der Waals surface area contributed by atoms with Crippen molar-refractivity contribution in [2.24, 2.45) is 0 Å². The van der Waals surface area contributed by atoms with E-state index in [1.807, 2.05) is 32.9 Å². The molecule has 0 amide bonds. The summed E-state index contributed by atoms with van der Waals surface area (Å²) in [7, 11) is 0. The van der Waals surface area contributed by atoms with Crippen LogP contribution in [0.2, 0.25) is 0 Å². The van der Waals surface area contributed by atoms with E-state index in [9.17, 15) is 5.11 Å². The third-order valence-corrected chi connectivity index (χ3v) is 4.51. The molecule has 1 unspecified atom stereocenters. The molecule has 1 aromatic rings. The molecule has 0 radical (unpaired) electrons. The lowest BCUT2D eigenvalue weighted by atomic mass is 9.92. The predicted molar refractivity (Wildman–Crippen MR) is 101 cm³/mol. The molecule has 0 fully saturated rings. The lowest BCUT2D eigenvalue weighted by molar-refractivity contribution is -0.194. The second-order valence-corrected chi connectivity index (χ2v) is 7.32. The number of hydrogen-bond donors (Lipinski definition) is 1. The molecule has 5 nitrogen and oxygen atoms in total. The van der Waals surface area contributed by atoms with E-state index >= 15 is 0 Å². The van der Waals surface area contributed by atoms with Gasteiger partial charge in [0.2, 0.25) is 0 Å². The minimum Gasteiger partial charge on any atom is -0.490 e. The Morgan fingerprint density at radius 3 is 2.88 bits per heavy atom. The van der Waals surface area contributed by atoms with Gasteiger partial charge in [0.25, 0.3) is 0 Å². The fourth-order valence-electron chi connectivity index (χ4n) is 3.23. The summed E-state index contributed by atoms with van der Waals surface area (Å²) in [5.74, 6) is 2.05. The van der Waals surface area contributed by atoms with Crippen LogP contribution in [0.5, 0.6) is 17.2 Å².